The lowest BCUT2D eigenvalue weighted by Crippen LogP contribution is -2.42. The number of carboxylic acid groups (broad SMARTS) is 1. The molecule has 0 bridgehead atoms. The van der Waals surface area contributed by atoms with Crippen molar-refractivity contribution in [1.82, 2.24) is 9.47 Å². The average molecular weight is 303 g/mol. The Bertz CT molecular complexity index is 515. The van der Waals surface area contributed by atoms with Crippen molar-refractivity contribution in [1.29, 1.82) is 0 Å². The molecule has 0 spiro atoms. The summed E-state index contributed by atoms with van der Waals surface area (Å²) in [6.07, 6.45) is 1.69. The largest absolute Gasteiger partial charge is 0.480 e. The van der Waals surface area contributed by atoms with Crippen molar-refractivity contribution < 1.29 is 14.7 Å². The van der Waals surface area contributed by atoms with Crippen LogP contribution in [0.25, 0.3) is 0 Å². The number of nitrogens with zero attached hydrogens (tertiary/aromatic N) is 2. The number of halogens is 1. The fourth-order valence-electron chi connectivity index (χ4n) is 2.04. The van der Waals surface area contributed by atoms with Gasteiger partial charge in [0.05, 0.1) is 10.9 Å². The van der Waals surface area contributed by atoms with E-state index in [1.54, 1.807) is 16.8 Å². The summed E-state index contributed by atoms with van der Waals surface area (Å²) in [5, 5.41) is 9.61. The summed E-state index contributed by atoms with van der Waals surface area (Å²) < 4.78 is 1.77. The molecule has 1 aliphatic heterocycles. The number of rotatable bonds is 3. The summed E-state index contributed by atoms with van der Waals surface area (Å²) in [6, 6.07) is 0.919. The summed E-state index contributed by atoms with van der Waals surface area (Å²) in [5.74, 6) is -0.418. The molecule has 1 aliphatic rings. The maximum atomic E-state index is 12.5. The van der Waals surface area contributed by atoms with Gasteiger partial charge < -0.3 is 14.6 Å². The van der Waals surface area contributed by atoms with Crippen LogP contribution in [0.1, 0.15) is 30.4 Å². The van der Waals surface area contributed by atoms with E-state index in [-0.39, 0.29) is 11.9 Å². The van der Waals surface area contributed by atoms with Gasteiger partial charge in [0.25, 0.3) is 5.91 Å². The zero-order chi connectivity index (χ0) is 14.2. The number of carbonyl (C=O) groups excluding carboxylic acids is 1. The van der Waals surface area contributed by atoms with Gasteiger partial charge in [0.1, 0.15) is 11.7 Å². The molecule has 19 heavy (non-hydrogen) atoms. The van der Waals surface area contributed by atoms with Gasteiger partial charge in [-0.1, -0.05) is 11.6 Å². The lowest BCUT2D eigenvalue weighted by Gasteiger charge is -2.22. The number of aromatic nitrogens is 1. The Balaban J connectivity index is 2.31. The van der Waals surface area contributed by atoms with Gasteiger partial charge in [-0.15, -0.1) is 11.8 Å². The second-order valence-electron chi connectivity index (χ2n) is 4.67. The van der Waals surface area contributed by atoms with E-state index < -0.39 is 12.0 Å². The van der Waals surface area contributed by atoms with Gasteiger partial charge >= 0.3 is 5.97 Å². The maximum absolute atomic E-state index is 12.5. The van der Waals surface area contributed by atoms with Crippen LogP contribution in [-0.2, 0) is 4.79 Å². The van der Waals surface area contributed by atoms with E-state index >= 15 is 0 Å². The molecule has 0 saturated carbocycles. The summed E-state index contributed by atoms with van der Waals surface area (Å²) in [5.41, 5.74) is 0.439. The summed E-state index contributed by atoms with van der Waals surface area (Å²) in [6.45, 7) is 3.89. The van der Waals surface area contributed by atoms with Crippen LogP contribution in [0.15, 0.2) is 12.3 Å². The van der Waals surface area contributed by atoms with Gasteiger partial charge in [0.15, 0.2) is 0 Å². The lowest BCUT2D eigenvalue weighted by atomic mass is 10.2. The highest BCUT2D eigenvalue weighted by Crippen LogP contribution is 2.26. The van der Waals surface area contributed by atoms with Crippen LogP contribution in [0.4, 0.5) is 0 Å². The molecule has 5 nitrogen and oxygen atoms in total. The van der Waals surface area contributed by atoms with E-state index in [4.69, 9.17) is 16.7 Å². The highest BCUT2D eigenvalue weighted by molar-refractivity contribution is 7.99. The molecule has 104 valence electrons. The first kappa shape index (κ1) is 14.3. The van der Waals surface area contributed by atoms with Crippen molar-refractivity contribution in [2.24, 2.45) is 0 Å². The van der Waals surface area contributed by atoms with Gasteiger partial charge in [-0.05, 0) is 19.9 Å². The second-order valence-corrected chi connectivity index (χ2v) is 6.11. The molecule has 0 aromatic carbocycles. The van der Waals surface area contributed by atoms with Crippen molar-refractivity contribution in [3.8, 4) is 0 Å². The van der Waals surface area contributed by atoms with Crippen LogP contribution < -0.4 is 0 Å². The topological polar surface area (TPSA) is 62.5 Å². The Labute approximate surface area is 120 Å². The van der Waals surface area contributed by atoms with Crippen molar-refractivity contribution in [2.45, 2.75) is 25.9 Å². The minimum atomic E-state index is -0.966. The van der Waals surface area contributed by atoms with Crippen LogP contribution in [0.3, 0.4) is 0 Å². The third kappa shape index (κ3) is 2.74. The quantitative estimate of drug-likeness (QED) is 0.931. The average Bonchev–Trinajstić information content (AvgIpc) is 2.93. The zero-order valence-corrected chi connectivity index (χ0v) is 12.2. The molecule has 1 aromatic rings. The summed E-state index contributed by atoms with van der Waals surface area (Å²) in [7, 11) is 0. The number of thioether (sulfide) groups is 1. The minimum absolute atomic E-state index is 0.0879. The Kier molecular flexibility index (Phi) is 4.10. The third-order valence-electron chi connectivity index (χ3n) is 3.02. The first-order valence-corrected chi connectivity index (χ1v) is 7.44. The highest BCUT2D eigenvalue weighted by Gasteiger charge is 2.36. The van der Waals surface area contributed by atoms with Crippen molar-refractivity contribution in [3.05, 3.63) is 23.0 Å². The SMILES string of the molecule is CC(C)n1cc(Cl)cc1C(=O)N1CSC[C@H]1C(=O)O. The van der Waals surface area contributed by atoms with Gasteiger partial charge in [0.2, 0.25) is 0 Å². The number of hydrogen-bond donors (Lipinski definition) is 1. The molecule has 0 aliphatic carbocycles. The first-order chi connectivity index (χ1) is 8.91. The highest BCUT2D eigenvalue weighted by atomic mass is 35.5. The van der Waals surface area contributed by atoms with Crippen LogP contribution in [0.2, 0.25) is 5.02 Å². The normalized spacial score (nSPS) is 19.2. The van der Waals surface area contributed by atoms with Crippen LogP contribution in [0, 0.1) is 0 Å². The summed E-state index contributed by atoms with van der Waals surface area (Å²) in [4.78, 5) is 25.0. The Morgan fingerprint density at radius 3 is 2.79 bits per heavy atom. The smallest absolute Gasteiger partial charge is 0.327 e. The molecule has 0 unspecified atom stereocenters. The standard InChI is InChI=1S/C12H15ClN2O3S/c1-7(2)14-4-8(13)3-9(14)11(16)15-6-19-5-10(15)12(17)18/h3-4,7,10H,5-6H2,1-2H3,(H,17,18)/t10-/m0/s1. The zero-order valence-electron chi connectivity index (χ0n) is 10.7. The Hall–Kier alpha value is -1.14. The number of amides is 1. The monoisotopic (exact) mass is 302 g/mol. The maximum Gasteiger partial charge on any atom is 0.327 e. The fourth-order valence-corrected chi connectivity index (χ4v) is 3.39. The van der Waals surface area contributed by atoms with Crippen LogP contribution in [0.5, 0.6) is 0 Å². The molecule has 1 aromatic heterocycles. The van der Waals surface area contributed by atoms with E-state index in [0.717, 1.165) is 0 Å². The van der Waals surface area contributed by atoms with Crippen molar-refractivity contribution in [2.75, 3.05) is 11.6 Å². The van der Waals surface area contributed by atoms with Crippen molar-refractivity contribution in [3.63, 3.8) is 0 Å². The lowest BCUT2D eigenvalue weighted by molar-refractivity contribution is -0.140. The van der Waals surface area contributed by atoms with E-state index in [9.17, 15) is 9.59 Å². The van der Waals surface area contributed by atoms with E-state index in [1.165, 1.54) is 16.7 Å². The predicted octanol–water partition coefficient (Wildman–Crippen LogP) is 2.32. The predicted molar refractivity (Wildman–Crippen MR) is 74.7 cm³/mol. The minimum Gasteiger partial charge on any atom is -0.480 e. The summed E-state index contributed by atoms with van der Waals surface area (Å²) >= 11 is 7.39. The molecule has 1 atom stereocenters. The molecule has 2 rings (SSSR count). The van der Waals surface area contributed by atoms with Crippen LogP contribution in [-0.4, -0.2) is 44.1 Å². The molecule has 1 saturated heterocycles. The van der Waals surface area contributed by atoms with Gasteiger partial charge in [-0.2, -0.15) is 0 Å². The van der Waals surface area contributed by atoms with Crippen LogP contribution >= 0.6 is 23.4 Å². The van der Waals surface area contributed by atoms with Gasteiger partial charge in [-0.25, -0.2) is 4.79 Å². The van der Waals surface area contributed by atoms with E-state index in [1.807, 2.05) is 13.8 Å². The molecule has 1 amide bonds. The molecular weight excluding hydrogens is 288 g/mol. The third-order valence-corrected chi connectivity index (χ3v) is 4.24. The number of hydrogen-bond acceptors (Lipinski definition) is 3. The molecule has 7 heteroatoms. The number of carbonyl (C=O) groups is 2. The van der Waals surface area contributed by atoms with E-state index in [0.29, 0.717) is 22.3 Å². The fraction of sp³-hybridized carbons (Fsp3) is 0.500. The second kappa shape index (κ2) is 5.46. The Morgan fingerprint density at radius 2 is 2.21 bits per heavy atom. The number of carboxylic acids is 1. The first-order valence-electron chi connectivity index (χ1n) is 5.90. The van der Waals surface area contributed by atoms with Crippen molar-refractivity contribution >= 4 is 35.2 Å². The Morgan fingerprint density at radius 1 is 1.53 bits per heavy atom. The molecule has 1 fully saturated rings. The van der Waals surface area contributed by atoms with Gasteiger partial charge in [-0.3, -0.25) is 4.79 Å². The molecular formula is C12H15ClN2O3S. The number of aliphatic carboxylic acids is 1. The van der Waals surface area contributed by atoms with Gasteiger partial charge in [0, 0.05) is 18.0 Å². The van der Waals surface area contributed by atoms with E-state index in [2.05, 4.69) is 0 Å². The molecule has 2 heterocycles. The molecule has 1 N–H and O–H groups in total. The molecule has 0 radical (unpaired) electrons.